The van der Waals surface area contributed by atoms with Gasteiger partial charge in [0.25, 0.3) is 5.56 Å². The standard InChI is InChI=1S/C21H20BrN3O5/c1-4-19-24-16-7-6-14(22)10-15(16)20(26)25(19)23-11-13-5-8-17(18(9-13)29-3)30-12(2)21(27)28/h5-12H,4H2,1-3H3,(H,27,28)/t12-/m1/s1. The first kappa shape index (κ1) is 21.5. The average molecular weight is 474 g/mol. The first-order valence-electron chi connectivity index (χ1n) is 9.17. The van der Waals surface area contributed by atoms with Crippen LogP contribution in [0.3, 0.4) is 0 Å². The molecule has 0 amide bonds. The van der Waals surface area contributed by atoms with E-state index in [1.54, 1.807) is 30.3 Å². The van der Waals surface area contributed by atoms with Crippen molar-refractivity contribution in [1.82, 2.24) is 9.66 Å². The second-order valence-electron chi connectivity index (χ2n) is 6.41. The third kappa shape index (κ3) is 4.51. The number of carboxylic acids is 1. The van der Waals surface area contributed by atoms with Crippen molar-refractivity contribution in [1.29, 1.82) is 0 Å². The molecule has 1 atom stereocenters. The van der Waals surface area contributed by atoms with Gasteiger partial charge in [-0.15, -0.1) is 0 Å². The molecule has 0 fully saturated rings. The zero-order valence-corrected chi connectivity index (χ0v) is 18.2. The molecule has 30 heavy (non-hydrogen) atoms. The quantitative estimate of drug-likeness (QED) is 0.527. The predicted molar refractivity (Wildman–Crippen MR) is 117 cm³/mol. The van der Waals surface area contributed by atoms with Gasteiger partial charge in [0.2, 0.25) is 0 Å². The van der Waals surface area contributed by atoms with Gasteiger partial charge in [-0.25, -0.2) is 9.78 Å². The molecule has 0 saturated carbocycles. The van der Waals surface area contributed by atoms with E-state index in [0.29, 0.717) is 40.2 Å². The number of rotatable bonds is 7. The molecule has 8 nitrogen and oxygen atoms in total. The average Bonchev–Trinajstić information content (AvgIpc) is 2.73. The van der Waals surface area contributed by atoms with Crippen molar-refractivity contribution in [2.45, 2.75) is 26.4 Å². The summed E-state index contributed by atoms with van der Waals surface area (Å²) in [5, 5.41) is 13.8. The molecule has 0 spiro atoms. The van der Waals surface area contributed by atoms with Gasteiger partial charge >= 0.3 is 5.97 Å². The molecule has 1 heterocycles. The fraction of sp³-hybridized carbons (Fsp3) is 0.238. The Kier molecular flexibility index (Phi) is 6.51. The SMILES string of the molecule is CCc1nc2ccc(Br)cc2c(=O)n1N=Cc1ccc(O[C@H](C)C(=O)O)c(OC)c1. The van der Waals surface area contributed by atoms with Crippen molar-refractivity contribution < 1.29 is 19.4 Å². The topological polar surface area (TPSA) is 103 Å². The lowest BCUT2D eigenvalue weighted by molar-refractivity contribution is -0.144. The van der Waals surface area contributed by atoms with Crippen LogP contribution in [0.15, 0.2) is 50.8 Å². The largest absolute Gasteiger partial charge is 0.493 e. The molecule has 1 N–H and O–H groups in total. The first-order valence-corrected chi connectivity index (χ1v) is 9.96. The Bertz CT molecular complexity index is 1190. The molecular formula is C21H20BrN3O5. The summed E-state index contributed by atoms with van der Waals surface area (Å²) in [6, 6.07) is 10.3. The number of aromatic nitrogens is 2. The molecule has 1 aromatic heterocycles. The Labute approximate surface area is 180 Å². The van der Waals surface area contributed by atoms with Gasteiger partial charge in [-0.2, -0.15) is 9.78 Å². The minimum absolute atomic E-state index is 0.267. The van der Waals surface area contributed by atoms with Crippen LogP contribution in [0.1, 0.15) is 25.2 Å². The molecule has 156 valence electrons. The number of hydrogen-bond donors (Lipinski definition) is 1. The van der Waals surface area contributed by atoms with Gasteiger partial charge in [0.1, 0.15) is 5.82 Å². The van der Waals surface area contributed by atoms with Gasteiger partial charge in [-0.3, -0.25) is 4.79 Å². The summed E-state index contributed by atoms with van der Waals surface area (Å²) >= 11 is 3.37. The molecule has 3 aromatic rings. The van der Waals surface area contributed by atoms with Crippen molar-refractivity contribution in [3.63, 3.8) is 0 Å². The highest BCUT2D eigenvalue weighted by Gasteiger charge is 2.15. The Balaban J connectivity index is 1.99. The number of carbonyl (C=O) groups is 1. The van der Waals surface area contributed by atoms with E-state index in [-0.39, 0.29) is 5.56 Å². The maximum atomic E-state index is 12.9. The van der Waals surface area contributed by atoms with E-state index in [1.165, 1.54) is 24.9 Å². The number of aryl methyl sites for hydroxylation is 1. The molecule has 0 aliphatic heterocycles. The number of hydrogen-bond acceptors (Lipinski definition) is 6. The van der Waals surface area contributed by atoms with Crippen molar-refractivity contribution in [2.24, 2.45) is 5.10 Å². The van der Waals surface area contributed by atoms with Crippen LogP contribution in [0.25, 0.3) is 10.9 Å². The summed E-state index contributed by atoms with van der Waals surface area (Å²) in [5.41, 5.74) is 0.990. The predicted octanol–water partition coefficient (Wildman–Crippen LogP) is 3.46. The van der Waals surface area contributed by atoms with Crippen molar-refractivity contribution >= 4 is 39.0 Å². The summed E-state index contributed by atoms with van der Waals surface area (Å²) in [7, 11) is 1.46. The van der Waals surface area contributed by atoms with E-state index in [0.717, 1.165) is 4.47 Å². The van der Waals surface area contributed by atoms with Gasteiger partial charge in [-0.05, 0) is 48.9 Å². The van der Waals surface area contributed by atoms with Crippen molar-refractivity contribution in [3.05, 3.63) is 62.6 Å². The zero-order chi connectivity index (χ0) is 21.8. The van der Waals surface area contributed by atoms with E-state index in [1.807, 2.05) is 13.0 Å². The number of fused-ring (bicyclic) bond motifs is 1. The van der Waals surface area contributed by atoms with Gasteiger partial charge in [0.05, 0.1) is 24.2 Å². The first-order chi connectivity index (χ1) is 14.3. The molecule has 0 aliphatic rings. The Morgan fingerprint density at radius 2 is 2.07 bits per heavy atom. The monoisotopic (exact) mass is 473 g/mol. The van der Waals surface area contributed by atoms with E-state index in [4.69, 9.17) is 14.6 Å². The zero-order valence-electron chi connectivity index (χ0n) is 16.6. The number of methoxy groups -OCH3 is 1. The summed E-state index contributed by atoms with van der Waals surface area (Å²) in [6.07, 6.45) is 1.02. The smallest absolute Gasteiger partial charge is 0.344 e. The molecule has 0 radical (unpaired) electrons. The number of carboxylic acid groups (broad SMARTS) is 1. The minimum Gasteiger partial charge on any atom is -0.493 e. The minimum atomic E-state index is -1.08. The Hall–Kier alpha value is -3.20. The Morgan fingerprint density at radius 1 is 1.30 bits per heavy atom. The van der Waals surface area contributed by atoms with Crippen LogP contribution in [0, 0.1) is 0 Å². The fourth-order valence-corrected chi connectivity index (χ4v) is 3.13. The molecule has 0 saturated heterocycles. The number of halogens is 1. The van der Waals surface area contributed by atoms with Gasteiger partial charge < -0.3 is 14.6 Å². The summed E-state index contributed by atoms with van der Waals surface area (Å²) in [4.78, 5) is 28.5. The summed E-state index contributed by atoms with van der Waals surface area (Å²) < 4.78 is 12.7. The van der Waals surface area contributed by atoms with Crippen LogP contribution in [0.4, 0.5) is 0 Å². The third-order valence-electron chi connectivity index (χ3n) is 4.35. The summed E-state index contributed by atoms with van der Waals surface area (Å²) in [6.45, 7) is 3.33. The maximum absolute atomic E-state index is 12.9. The third-order valence-corrected chi connectivity index (χ3v) is 4.85. The highest BCUT2D eigenvalue weighted by Crippen LogP contribution is 2.28. The maximum Gasteiger partial charge on any atom is 0.344 e. The van der Waals surface area contributed by atoms with Gasteiger partial charge in [0.15, 0.2) is 17.6 Å². The van der Waals surface area contributed by atoms with Crippen LogP contribution in [0.5, 0.6) is 11.5 Å². The van der Waals surface area contributed by atoms with Crippen LogP contribution in [-0.4, -0.2) is 40.2 Å². The molecule has 0 unspecified atom stereocenters. The van der Waals surface area contributed by atoms with E-state index < -0.39 is 12.1 Å². The number of ether oxygens (including phenoxy) is 2. The number of benzene rings is 2. The fourth-order valence-electron chi connectivity index (χ4n) is 2.77. The van der Waals surface area contributed by atoms with Gasteiger partial charge in [-0.1, -0.05) is 22.9 Å². The molecular weight excluding hydrogens is 454 g/mol. The van der Waals surface area contributed by atoms with E-state index in [2.05, 4.69) is 26.0 Å². The second-order valence-corrected chi connectivity index (χ2v) is 7.33. The molecule has 9 heteroatoms. The highest BCUT2D eigenvalue weighted by atomic mass is 79.9. The number of nitrogens with zero attached hydrogens (tertiary/aromatic N) is 3. The van der Waals surface area contributed by atoms with Gasteiger partial charge in [0, 0.05) is 10.9 Å². The molecule has 0 aliphatic carbocycles. The lowest BCUT2D eigenvalue weighted by Crippen LogP contribution is -2.23. The lowest BCUT2D eigenvalue weighted by Gasteiger charge is -2.14. The van der Waals surface area contributed by atoms with E-state index >= 15 is 0 Å². The van der Waals surface area contributed by atoms with Crippen LogP contribution in [0.2, 0.25) is 0 Å². The summed E-state index contributed by atoms with van der Waals surface area (Å²) in [5.74, 6) is 0.113. The van der Waals surface area contributed by atoms with Crippen LogP contribution < -0.4 is 15.0 Å². The molecule has 2 aromatic carbocycles. The Morgan fingerprint density at radius 3 is 2.73 bits per heavy atom. The van der Waals surface area contributed by atoms with Crippen molar-refractivity contribution in [3.8, 4) is 11.5 Å². The number of aliphatic carboxylic acids is 1. The van der Waals surface area contributed by atoms with Crippen LogP contribution in [-0.2, 0) is 11.2 Å². The van der Waals surface area contributed by atoms with Crippen LogP contribution >= 0.6 is 15.9 Å². The molecule has 3 rings (SSSR count). The molecule has 0 bridgehead atoms. The van der Waals surface area contributed by atoms with E-state index in [9.17, 15) is 9.59 Å². The highest BCUT2D eigenvalue weighted by molar-refractivity contribution is 9.10. The second kappa shape index (κ2) is 9.08. The normalized spacial score (nSPS) is 12.3. The van der Waals surface area contributed by atoms with Crippen molar-refractivity contribution in [2.75, 3.05) is 7.11 Å². The lowest BCUT2D eigenvalue weighted by atomic mass is 10.2.